The molecule has 26 heavy (non-hydrogen) atoms. The van der Waals surface area contributed by atoms with E-state index in [1.165, 1.54) is 5.56 Å². The summed E-state index contributed by atoms with van der Waals surface area (Å²) < 4.78 is 38.3. The van der Waals surface area contributed by atoms with Crippen molar-refractivity contribution in [3.63, 3.8) is 0 Å². The molecular weight excluding hydrogens is 341 g/mol. The fourth-order valence-electron chi connectivity index (χ4n) is 3.30. The van der Waals surface area contributed by atoms with Crippen molar-refractivity contribution < 1.29 is 13.2 Å². The van der Waals surface area contributed by atoms with Gasteiger partial charge in [-0.25, -0.2) is 9.97 Å². The molecule has 1 aliphatic heterocycles. The molecule has 7 heteroatoms. The molecule has 0 radical (unpaired) electrons. The van der Waals surface area contributed by atoms with Gasteiger partial charge in [-0.05, 0) is 50.4 Å². The quantitative estimate of drug-likeness (QED) is 0.841. The monoisotopic (exact) mass is 364 g/mol. The summed E-state index contributed by atoms with van der Waals surface area (Å²) in [6.07, 6.45) is 0.730. The van der Waals surface area contributed by atoms with E-state index in [1.54, 1.807) is 0 Å². The number of hydrogen-bond donors (Lipinski definition) is 1. The van der Waals surface area contributed by atoms with E-state index in [1.807, 2.05) is 18.2 Å². The summed E-state index contributed by atoms with van der Waals surface area (Å²) in [5.74, 6) is 0.0518. The Kier molecular flexibility index (Phi) is 6.08. The zero-order valence-electron chi connectivity index (χ0n) is 14.5. The Hall–Kier alpha value is -2.15. The highest BCUT2D eigenvalue weighted by atomic mass is 19.4. The number of nitrogens with zero attached hydrogens (tertiary/aromatic N) is 3. The zero-order valence-corrected chi connectivity index (χ0v) is 14.5. The maximum Gasteiger partial charge on any atom is 0.433 e. The molecule has 2 heterocycles. The lowest BCUT2D eigenvalue weighted by Crippen LogP contribution is -2.42. The summed E-state index contributed by atoms with van der Waals surface area (Å²) >= 11 is 0. The second kappa shape index (κ2) is 8.49. The van der Waals surface area contributed by atoms with Crippen molar-refractivity contribution in [2.45, 2.75) is 37.9 Å². The van der Waals surface area contributed by atoms with Crippen LogP contribution in [0.15, 0.2) is 42.6 Å². The molecule has 1 N–H and O–H groups in total. The molecule has 0 bridgehead atoms. The number of nitrogens with one attached hydrogen (secondary N) is 1. The number of aromatic nitrogens is 2. The fourth-order valence-corrected chi connectivity index (χ4v) is 3.30. The van der Waals surface area contributed by atoms with Crippen LogP contribution in [0.2, 0.25) is 0 Å². The summed E-state index contributed by atoms with van der Waals surface area (Å²) in [6.45, 7) is 2.81. The van der Waals surface area contributed by atoms with Crippen LogP contribution in [0.5, 0.6) is 0 Å². The van der Waals surface area contributed by atoms with Crippen LogP contribution in [-0.2, 0) is 12.6 Å². The number of halogens is 3. The van der Waals surface area contributed by atoms with E-state index in [0.717, 1.165) is 57.6 Å². The highest BCUT2D eigenvalue weighted by molar-refractivity contribution is 5.28. The van der Waals surface area contributed by atoms with Crippen LogP contribution in [0.25, 0.3) is 0 Å². The normalized spacial score (nSPS) is 18.7. The Balaban J connectivity index is 1.49. The van der Waals surface area contributed by atoms with Gasteiger partial charge in [-0.15, -0.1) is 0 Å². The van der Waals surface area contributed by atoms with Crippen LogP contribution in [0.3, 0.4) is 0 Å². The van der Waals surface area contributed by atoms with Gasteiger partial charge >= 0.3 is 6.18 Å². The van der Waals surface area contributed by atoms with E-state index in [0.29, 0.717) is 0 Å². The molecule has 0 unspecified atom stereocenters. The standard InChI is InChI=1S/C19H23F3N4/c20-19(21,22)17-10-11-23-18(25-17)24-16-9-5-13-26(14-16)12-4-8-15-6-2-1-3-7-15/h1-3,6-7,10-11,16H,4-5,8-9,12-14H2,(H,23,24,25)/t16-/m0/s1. The van der Waals surface area contributed by atoms with E-state index in [4.69, 9.17) is 0 Å². The molecule has 1 fully saturated rings. The number of alkyl halides is 3. The second-order valence-corrected chi connectivity index (χ2v) is 6.64. The van der Waals surface area contributed by atoms with Gasteiger partial charge in [0.05, 0.1) is 0 Å². The van der Waals surface area contributed by atoms with Gasteiger partial charge in [0, 0.05) is 18.8 Å². The van der Waals surface area contributed by atoms with Gasteiger partial charge in [0.25, 0.3) is 0 Å². The van der Waals surface area contributed by atoms with Crippen LogP contribution in [0.4, 0.5) is 19.1 Å². The van der Waals surface area contributed by atoms with Crippen molar-refractivity contribution in [3.05, 3.63) is 53.9 Å². The first kappa shape index (κ1) is 18.6. The lowest BCUT2D eigenvalue weighted by Gasteiger charge is -2.33. The van der Waals surface area contributed by atoms with Crippen molar-refractivity contribution in [2.75, 3.05) is 25.0 Å². The first-order valence-electron chi connectivity index (χ1n) is 8.94. The molecular formula is C19H23F3N4. The van der Waals surface area contributed by atoms with Crippen LogP contribution in [0.1, 0.15) is 30.5 Å². The maximum atomic E-state index is 12.8. The average Bonchev–Trinajstić information content (AvgIpc) is 2.63. The molecule has 1 aliphatic rings. The summed E-state index contributed by atoms with van der Waals surface area (Å²) in [6, 6.07) is 11.3. The molecule has 0 aliphatic carbocycles. The smallest absolute Gasteiger partial charge is 0.350 e. The summed E-state index contributed by atoms with van der Waals surface area (Å²) in [4.78, 5) is 9.89. The Bertz CT molecular complexity index is 691. The van der Waals surface area contributed by atoms with Crippen LogP contribution in [0, 0.1) is 0 Å². The summed E-state index contributed by atoms with van der Waals surface area (Å²) in [7, 11) is 0. The number of hydrogen-bond acceptors (Lipinski definition) is 4. The number of likely N-dealkylation sites (tertiary alicyclic amines) is 1. The Morgan fingerprint density at radius 2 is 1.96 bits per heavy atom. The van der Waals surface area contributed by atoms with E-state index in [2.05, 4.69) is 32.3 Å². The second-order valence-electron chi connectivity index (χ2n) is 6.64. The first-order valence-corrected chi connectivity index (χ1v) is 8.94. The SMILES string of the molecule is FC(F)(F)c1ccnc(N[C@H]2CCCN(CCCc3ccccc3)C2)n1. The van der Waals surface area contributed by atoms with Gasteiger partial charge in [-0.1, -0.05) is 30.3 Å². The summed E-state index contributed by atoms with van der Waals surface area (Å²) in [5.41, 5.74) is 0.419. The van der Waals surface area contributed by atoms with Crippen LogP contribution in [-0.4, -0.2) is 40.5 Å². The van der Waals surface area contributed by atoms with Crippen molar-refractivity contribution >= 4 is 5.95 Å². The number of rotatable bonds is 6. The van der Waals surface area contributed by atoms with Gasteiger partial charge in [0.1, 0.15) is 5.69 Å². The number of piperidine rings is 1. The minimum Gasteiger partial charge on any atom is -0.350 e. The number of aryl methyl sites for hydroxylation is 1. The number of anilines is 1. The zero-order chi connectivity index (χ0) is 18.4. The van der Waals surface area contributed by atoms with E-state index in [9.17, 15) is 13.2 Å². The highest BCUT2D eigenvalue weighted by Gasteiger charge is 2.33. The van der Waals surface area contributed by atoms with Crippen LogP contribution >= 0.6 is 0 Å². The third kappa shape index (κ3) is 5.42. The Morgan fingerprint density at radius 1 is 1.15 bits per heavy atom. The Labute approximate surface area is 151 Å². The topological polar surface area (TPSA) is 41.1 Å². The maximum absolute atomic E-state index is 12.8. The Morgan fingerprint density at radius 3 is 2.73 bits per heavy atom. The van der Waals surface area contributed by atoms with Gasteiger partial charge in [0.2, 0.25) is 5.95 Å². The molecule has 4 nitrogen and oxygen atoms in total. The third-order valence-corrected chi connectivity index (χ3v) is 4.57. The van der Waals surface area contributed by atoms with E-state index < -0.39 is 11.9 Å². The average molecular weight is 364 g/mol. The molecule has 1 atom stereocenters. The van der Waals surface area contributed by atoms with E-state index in [-0.39, 0.29) is 12.0 Å². The third-order valence-electron chi connectivity index (χ3n) is 4.57. The number of benzene rings is 1. The minimum absolute atomic E-state index is 0.0518. The molecule has 0 saturated carbocycles. The highest BCUT2D eigenvalue weighted by Crippen LogP contribution is 2.27. The van der Waals surface area contributed by atoms with Gasteiger partial charge in [-0.3, -0.25) is 0 Å². The molecule has 140 valence electrons. The van der Waals surface area contributed by atoms with E-state index >= 15 is 0 Å². The van der Waals surface area contributed by atoms with Crippen molar-refractivity contribution in [3.8, 4) is 0 Å². The lowest BCUT2D eigenvalue weighted by atomic mass is 10.0. The summed E-state index contributed by atoms with van der Waals surface area (Å²) in [5, 5.41) is 3.07. The molecule has 1 aromatic carbocycles. The van der Waals surface area contributed by atoms with Gasteiger partial charge in [0.15, 0.2) is 0 Å². The first-order chi connectivity index (χ1) is 12.5. The molecule has 2 aromatic rings. The fraction of sp³-hybridized carbons (Fsp3) is 0.474. The molecule has 3 rings (SSSR count). The lowest BCUT2D eigenvalue weighted by molar-refractivity contribution is -0.141. The van der Waals surface area contributed by atoms with Crippen molar-refractivity contribution in [2.24, 2.45) is 0 Å². The predicted molar refractivity (Wildman–Crippen MR) is 94.9 cm³/mol. The molecule has 1 saturated heterocycles. The molecule has 0 spiro atoms. The van der Waals surface area contributed by atoms with Crippen LogP contribution < -0.4 is 5.32 Å². The van der Waals surface area contributed by atoms with Crippen molar-refractivity contribution in [1.82, 2.24) is 14.9 Å². The largest absolute Gasteiger partial charge is 0.433 e. The molecule has 1 aromatic heterocycles. The van der Waals surface area contributed by atoms with Crippen molar-refractivity contribution in [1.29, 1.82) is 0 Å². The predicted octanol–water partition coefficient (Wildman–Crippen LogP) is 4.00. The molecule has 0 amide bonds. The van der Waals surface area contributed by atoms with Gasteiger partial charge in [-0.2, -0.15) is 13.2 Å². The van der Waals surface area contributed by atoms with Gasteiger partial charge < -0.3 is 10.2 Å². The minimum atomic E-state index is -4.45.